The van der Waals surface area contributed by atoms with Crippen molar-refractivity contribution in [3.8, 4) is 11.3 Å². The fraction of sp³-hybridized carbons (Fsp3) is 0.0833. The van der Waals surface area contributed by atoms with Crippen molar-refractivity contribution in [2.45, 2.75) is 6.92 Å². The number of H-pyrrole nitrogens is 1. The van der Waals surface area contributed by atoms with Crippen molar-refractivity contribution in [3.05, 3.63) is 41.0 Å². The first-order valence-corrected chi connectivity index (χ1v) is 5.96. The molecule has 0 radical (unpaired) electrons. The number of pyridine rings is 1. The molecule has 0 aliphatic heterocycles. The highest BCUT2D eigenvalue weighted by Crippen LogP contribution is 2.31. The Morgan fingerprint density at radius 2 is 2.18 bits per heavy atom. The Morgan fingerprint density at radius 3 is 2.94 bits per heavy atom. The quantitative estimate of drug-likeness (QED) is 0.749. The van der Waals surface area contributed by atoms with Gasteiger partial charge in [-0.05, 0) is 35.0 Å². The van der Waals surface area contributed by atoms with Crippen molar-refractivity contribution >= 4 is 27.0 Å². The number of hydrogen-bond acceptors (Lipinski definition) is 3. The Bertz CT molecular complexity index is 676. The normalized spacial score (nSPS) is 10.9. The molecule has 4 nitrogen and oxygen atoms in total. The monoisotopic (exact) mass is 288 g/mol. The fourth-order valence-electron chi connectivity index (χ4n) is 1.82. The van der Waals surface area contributed by atoms with Gasteiger partial charge in [-0.25, -0.2) is 9.97 Å². The molecule has 3 rings (SSSR count). The summed E-state index contributed by atoms with van der Waals surface area (Å²) >= 11 is 3.51. The minimum atomic E-state index is 0.741. The van der Waals surface area contributed by atoms with Crippen LogP contribution in [0.5, 0.6) is 0 Å². The highest BCUT2D eigenvalue weighted by Gasteiger charge is 2.12. The van der Waals surface area contributed by atoms with Crippen LogP contribution in [0.15, 0.2) is 35.2 Å². The number of fused-ring (bicyclic) bond motifs is 1. The maximum absolute atomic E-state index is 4.50. The van der Waals surface area contributed by atoms with Gasteiger partial charge in [-0.3, -0.25) is 4.98 Å². The predicted molar refractivity (Wildman–Crippen MR) is 69.6 cm³/mol. The number of rotatable bonds is 1. The summed E-state index contributed by atoms with van der Waals surface area (Å²) in [5, 5.41) is 0.989. The zero-order chi connectivity index (χ0) is 11.8. The van der Waals surface area contributed by atoms with E-state index in [-0.39, 0.29) is 0 Å². The van der Waals surface area contributed by atoms with E-state index in [2.05, 4.69) is 35.9 Å². The molecule has 0 saturated heterocycles. The number of aryl methyl sites for hydroxylation is 1. The molecule has 0 saturated carbocycles. The molecule has 0 aliphatic carbocycles. The summed E-state index contributed by atoms with van der Waals surface area (Å²) in [6, 6.07) is 3.90. The van der Waals surface area contributed by atoms with E-state index in [1.165, 1.54) is 0 Å². The molecule has 0 fully saturated rings. The third kappa shape index (κ3) is 1.72. The lowest BCUT2D eigenvalue weighted by Gasteiger charge is -2.03. The topological polar surface area (TPSA) is 54.5 Å². The summed E-state index contributed by atoms with van der Waals surface area (Å²) in [6.07, 6.45) is 5.43. The third-order valence-corrected chi connectivity index (χ3v) is 3.16. The second-order valence-corrected chi connectivity index (χ2v) is 4.58. The van der Waals surface area contributed by atoms with Crippen LogP contribution in [0.25, 0.3) is 22.3 Å². The molecule has 3 aromatic rings. The van der Waals surface area contributed by atoms with Crippen molar-refractivity contribution in [2.24, 2.45) is 0 Å². The van der Waals surface area contributed by atoms with Gasteiger partial charge in [0.1, 0.15) is 11.5 Å². The third-order valence-electron chi connectivity index (χ3n) is 2.53. The van der Waals surface area contributed by atoms with E-state index in [0.717, 1.165) is 32.6 Å². The zero-order valence-corrected chi connectivity index (χ0v) is 10.7. The molecule has 0 bridgehead atoms. The van der Waals surface area contributed by atoms with E-state index in [0.29, 0.717) is 0 Å². The van der Waals surface area contributed by atoms with Gasteiger partial charge < -0.3 is 4.98 Å². The Hall–Kier alpha value is -1.75. The average Bonchev–Trinajstić information content (AvgIpc) is 2.71. The molecule has 84 valence electrons. The van der Waals surface area contributed by atoms with E-state index in [1.54, 1.807) is 12.4 Å². The van der Waals surface area contributed by atoms with Gasteiger partial charge in [-0.15, -0.1) is 0 Å². The number of nitrogens with one attached hydrogen (secondary N) is 1. The van der Waals surface area contributed by atoms with E-state index >= 15 is 0 Å². The lowest BCUT2D eigenvalue weighted by molar-refractivity contribution is 1.08. The molecular formula is C12H9BrN4. The summed E-state index contributed by atoms with van der Waals surface area (Å²) in [6.45, 7) is 1.88. The SMILES string of the molecule is Cc1nc(-c2cccnc2)c2c(Br)c[nH]c2n1. The molecule has 0 aliphatic rings. The molecule has 3 heterocycles. The number of aromatic nitrogens is 4. The first-order valence-electron chi connectivity index (χ1n) is 5.17. The van der Waals surface area contributed by atoms with Gasteiger partial charge in [0.25, 0.3) is 0 Å². The Labute approximate surface area is 106 Å². The van der Waals surface area contributed by atoms with Gasteiger partial charge in [-0.1, -0.05) is 0 Å². The van der Waals surface area contributed by atoms with E-state index in [9.17, 15) is 0 Å². The summed E-state index contributed by atoms with van der Waals surface area (Å²) in [5.74, 6) is 0.741. The lowest BCUT2D eigenvalue weighted by Crippen LogP contribution is -1.93. The minimum absolute atomic E-state index is 0.741. The Kier molecular flexibility index (Phi) is 2.40. The molecule has 0 atom stereocenters. The first kappa shape index (κ1) is 10.4. The maximum atomic E-state index is 4.50. The molecule has 5 heteroatoms. The molecule has 0 unspecified atom stereocenters. The Morgan fingerprint density at radius 1 is 1.29 bits per heavy atom. The van der Waals surface area contributed by atoms with Crippen LogP contribution in [0, 0.1) is 6.92 Å². The van der Waals surface area contributed by atoms with Crippen molar-refractivity contribution in [1.29, 1.82) is 0 Å². The van der Waals surface area contributed by atoms with Crippen LogP contribution in [-0.2, 0) is 0 Å². The smallest absolute Gasteiger partial charge is 0.142 e. The van der Waals surface area contributed by atoms with Crippen molar-refractivity contribution < 1.29 is 0 Å². The van der Waals surface area contributed by atoms with Crippen molar-refractivity contribution in [2.75, 3.05) is 0 Å². The van der Waals surface area contributed by atoms with Crippen LogP contribution >= 0.6 is 15.9 Å². The summed E-state index contributed by atoms with van der Waals surface area (Å²) in [5.41, 5.74) is 2.72. The highest BCUT2D eigenvalue weighted by molar-refractivity contribution is 9.10. The Balaban J connectivity index is 2.39. The second kappa shape index (κ2) is 3.92. The van der Waals surface area contributed by atoms with Crippen LogP contribution in [0.3, 0.4) is 0 Å². The number of halogens is 1. The molecule has 1 N–H and O–H groups in total. The van der Waals surface area contributed by atoms with E-state index < -0.39 is 0 Å². The van der Waals surface area contributed by atoms with Gasteiger partial charge in [0.15, 0.2) is 0 Å². The molecule has 0 aromatic carbocycles. The van der Waals surface area contributed by atoms with Gasteiger partial charge in [0.05, 0.1) is 11.1 Å². The molecule has 0 spiro atoms. The summed E-state index contributed by atoms with van der Waals surface area (Å²) in [4.78, 5) is 16.1. The molecular weight excluding hydrogens is 280 g/mol. The van der Waals surface area contributed by atoms with Crippen LogP contribution in [0.4, 0.5) is 0 Å². The van der Waals surface area contributed by atoms with Gasteiger partial charge in [-0.2, -0.15) is 0 Å². The summed E-state index contributed by atoms with van der Waals surface area (Å²) in [7, 11) is 0. The molecule has 0 amide bonds. The second-order valence-electron chi connectivity index (χ2n) is 3.72. The van der Waals surface area contributed by atoms with Gasteiger partial charge >= 0.3 is 0 Å². The number of aromatic amines is 1. The number of hydrogen-bond donors (Lipinski definition) is 1. The maximum Gasteiger partial charge on any atom is 0.142 e. The lowest BCUT2D eigenvalue weighted by atomic mass is 10.1. The largest absolute Gasteiger partial charge is 0.345 e. The molecule has 17 heavy (non-hydrogen) atoms. The van der Waals surface area contributed by atoms with Crippen LogP contribution < -0.4 is 0 Å². The average molecular weight is 289 g/mol. The van der Waals surface area contributed by atoms with Crippen LogP contribution in [-0.4, -0.2) is 19.9 Å². The highest BCUT2D eigenvalue weighted by atomic mass is 79.9. The van der Waals surface area contributed by atoms with Gasteiger partial charge in [0.2, 0.25) is 0 Å². The van der Waals surface area contributed by atoms with E-state index in [4.69, 9.17) is 0 Å². The fourth-order valence-corrected chi connectivity index (χ4v) is 2.31. The minimum Gasteiger partial charge on any atom is -0.345 e. The van der Waals surface area contributed by atoms with Crippen LogP contribution in [0.2, 0.25) is 0 Å². The predicted octanol–water partition coefficient (Wildman–Crippen LogP) is 3.09. The molecule has 3 aromatic heterocycles. The van der Waals surface area contributed by atoms with Crippen LogP contribution in [0.1, 0.15) is 5.82 Å². The standard InChI is InChI=1S/C12H9BrN4/c1-7-16-11(8-3-2-4-14-5-8)10-9(13)6-15-12(10)17-7/h2-6H,1H3,(H,15,16,17). The summed E-state index contributed by atoms with van der Waals surface area (Å²) < 4.78 is 0.964. The zero-order valence-electron chi connectivity index (χ0n) is 9.11. The van der Waals surface area contributed by atoms with Crippen molar-refractivity contribution in [1.82, 2.24) is 19.9 Å². The first-order chi connectivity index (χ1) is 8.25. The van der Waals surface area contributed by atoms with Crippen molar-refractivity contribution in [3.63, 3.8) is 0 Å². The van der Waals surface area contributed by atoms with Gasteiger partial charge in [0, 0.05) is 28.6 Å². The van der Waals surface area contributed by atoms with E-state index in [1.807, 2.05) is 25.3 Å². The number of nitrogens with zero attached hydrogens (tertiary/aromatic N) is 3.